The number of ether oxygens (including phenoxy) is 1. The highest BCUT2D eigenvalue weighted by Crippen LogP contribution is 2.32. The van der Waals surface area contributed by atoms with Crippen LogP contribution in [0.3, 0.4) is 0 Å². The first-order chi connectivity index (χ1) is 7.93. The van der Waals surface area contributed by atoms with Crippen molar-refractivity contribution in [3.05, 3.63) is 28.3 Å². The van der Waals surface area contributed by atoms with Crippen molar-refractivity contribution >= 4 is 33.5 Å². The molecule has 0 unspecified atom stereocenters. The summed E-state index contributed by atoms with van der Waals surface area (Å²) in [7, 11) is 0. The standard InChI is InChI=1S/C10H8BrClF2O3/c11-4-5-1-6(3-8(15)16)9(7(12)2-5)17-10(13)14/h1-2,10H,3-4H2,(H,15,16). The Labute approximate surface area is 109 Å². The van der Waals surface area contributed by atoms with Crippen molar-refractivity contribution in [2.45, 2.75) is 18.4 Å². The molecule has 0 amide bonds. The monoisotopic (exact) mass is 328 g/mol. The second-order valence-electron chi connectivity index (χ2n) is 3.15. The van der Waals surface area contributed by atoms with Crippen LogP contribution in [-0.4, -0.2) is 17.7 Å². The SMILES string of the molecule is O=C(O)Cc1cc(CBr)cc(Cl)c1OC(F)F. The molecule has 0 aliphatic rings. The van der Waals surface area contributed by atoms with Gasteiger partial charge in [0, 0.05) is 10.9 Å². The molecule has 0 bridgehead atoms. The third kappa shape index (κ3) is 4.12. The van der Waals surface area contributed by atoms with E-state index in [-0.39, 0.29) is 16.3 Å². The smallest absolute Gasteiger partial charge is 0.387 e. The number of rotatable bonds is 5. The number of hydrogen-bond acceptors (Lipinski definition) is 2. The molecule has 0 aliphatic carbocycles. The molecule has 1 aromatic rings. The molecule has 0 saturated carbocycles. The van der Waals surface area contributed by atoms with E-state index in [2.05, 4.69) is 20.7 Å². The summed E-state index contributed by atoms with van der Waals surface area (Å²) in [6, 6.07) is 2.91. The number of benzene rings is 1. The van der Waals surface area contributed by atoms with Crippen LogP contribution in [0.5, 0.6) is 5.75 Å². The van der Waals surface area contributed by atoms with E-state index >= 15 is 0 Å². The summed E-state index contributed by atoms with van der Waals surface area (Å²) < 4.78 is 28.6. The van der Waals surface area contributed by atoms with Crippen LogP contribution in [0.2, 0.25) is 5.02 Å². The number of hydrogen-bond donors (Lipinski definition) is 1. The summed E-state index contributed by atoms with van der Waals surface area (Å²) in [5.41, 5.74) is 0.813. The molecule has 94 valence electrons. The summed E-state index contributed by atoms with van der Waals surface area (Å²) >= 11 is 8.94. The maximum absolute atomic E-state index is 12.2. The fraction of sp³-hybridized carbons (Fsp3) is 0.300. The fourth-order valence-electron chi connectivity index (χ4n) is 1.31. The zero-order valence-corrected chi connectivity index (χ0v) is 10.8. The first-order valence-electron chi connectivity index (χ1n) is 4.48. The normalized spacial score (nSPS) is 10.6. The predicted molar refractivity (Wildman–Crippen MR) is 62.1 cm³/mol. The minimum Gasteiger partial charge on any atom is -0.481 e. The Hall–Kier alpha value is -0.880. The van der Waals surface area contributed by atoms with Gasteiger partial charge in [-0.2, -0.15) is 8.78 Å². The Morgan fingerprint density at radius 2 is 2.18 bits per heavy atom. The number of carboxylic acids is 1. The van der Waals surface area contributed by atoms with E-state index < -0.39 is 19.0 Å². The van der Waals surface area contributed by atoms with Crippen molar-refractivity contribution in [2.24, 2.45) is 0 Å². The summed E-state index contributed by atoms with van der Waals surface area (Å²) in [6.07, 6.45) is -0.428. The highest BCUT2D eigenvalue weighted by molar-refractivity contribution is 9.08. The number of carboxylic acid groups (broad SMARTS) is 1. The van der Waals surface area contributed by atoms with Gasteiger partial charge in [0.1, 0.15) is 5.75 Å². The topological polar surface area (TPSA) is 46.5 Å². The van der Waals surface area contributed by atoms with Crippen LogP contribution in [-0.2, 0) is 16.5 Å². The molecule has 0 radical (unpaired) electrons. The van der Waals surface area contributed by atoms with Gasteiger partial charge in [-0.05, 0) is 11.6 Å². The molecular weight excluding hydrogens is 321 g/mol. The molecule has 0 aromatic heterocycles. The van der Waals surface area contributed by atoms with Gasteiger partial charge in [0.25, 0.3) is 0 Å². The van der Waals surface area contributed by atoms with Crippen LogP contribution in [0.4, 0.5) is 8.78 Å². The Morgan fingerprint density at radius 1 is 1.53 bits per heavy atom. The number of aliphatic carboxylic acids is 1. The van der Waals surface area contributed by atoms with Gasteiger partial charge in [-0.3, -0.25) is 4.79 Å². The van der Waals surface area contributed by atoms with Gasteiger partial charge < -0.3 is 9.84 Å². The van der Waals surface area contributed by atoms with E-state index in [1.54, 1.807) is 0 Å². The van der Waals surface area contributed by atoms with Crippen LogP contribution in [0.1, 0.15) is 11.1 Å². The van der Waals surface area contributed by atoms with Crippen molar-refractivity contribution in [3.63, 3.8) is 0 Å². The van der Waals surface area contributed by atoms with Crippen LogP contribution < -0.4 is 4.74 Å². The maximum atomic E-state index is 12.2. The van der Waals surface area contributed by atoms with Gasteiger partial charge in [0.2, 0.25) is 0 Å². The molecule has 1 aromatic carbocycles. The lowest BCUT2D eigenvalue weighted by Gasteiger charge is -2.12. The Bertz CT molecular complexity index is 426. The zero-order valence-electron chi connectivity index (χ0n) is 8.42. The largest absolute Gasteiger partial charge is 0.481 e. The van der Waals surface area contributed by atoms with Crippen LogP contribution in [0.25, 0.3) is 0 Å². The molecule has 0 spiro atoms. The fourth-order valence-corrected chi connectivity index (χ4v) is 1.93. The quantitative estimate of drug-likeness (QED) is 0.842. The average Bonchev–Trinajstić information content (AvgIpc) is 2.21. The summed E-state index contributed by atoms with van der Waals surface area (Å²) in [4.78, 5) is 10.6. The second-order valence-corrected chi connectivity index (χ2v) is 4.12. The lowest BCUT2D eigenvalue weighted by molar-refractivity contribution is -0.136. The third-order valence-electron chi connectivity index (χ3n) is 1.88. The van der Waals surface area contributed by atoms with Crippen molar-refractivity contribution in [1.82, 2.24) is 0 Å². The van der Waals surface area contributed by atoms with Crippen LogP contribution in [0.15, 0.2) is 12.1 Å². The van der Waals surface area contributed by atoms with E-state index in [0.717, 1.165) is 0 Å². The van der Waals surface area contributed by atoms with Gasteiger partial charge in [0.05, 0.1) is 11.4 Å². The molecular formula is C10H8BrClF2O3. The molecule has 0 atom stereocenters. The van der Waals surface area contributed by atoms with Crippen molar-refractivity contribution < 1.29 is 23.4 Å². The Balaban J connectivity index is 3.18. The number of carbonyl (C=O) groups is 1. The Morgan fingerprint density at radius 3 is 2.65 bits per heavy atom. The Kier molecular flexibility index (Phi) is 5.14. The van der Waals surface area contributed by atoms with Crippen molar-refractivity contribution in [2.75, 3.05) is 0 Å². The molecule has 0 fully saturated rings. The third-order valence-corrected chi connectivity index (χ3v) is 2.81. The lowest BCUT2D eigenvalue weighted by Crippen LogP contribution is -2.08. The average molecular weight is 330 g/mol. The predicted octanol–water partition coefficient (Wildman–Crippen LogP) is 3.46. The first kappa shape index (κ1) is 14.2. The summed E-state index contributed by atoms with van der Waals surface area (Å²) in [5, 5.41) is 9.09. The molecule has 3 nitrogen and oxygen atoms in total. The molecule has 7 heteroatoms. The van der Waals surface area contributed by atoms with Gasteiger partial charge in [-0.1, -0.05) is 33.6 Å². The van der Waals surface area contributed by atoms with Gasteiger partial charge in [0.15, 0.2) is 0 Å². The lowest BCUT2D eigenvalue weighted by atomic mass is 10.1. The number of halogens is 4. The molecule has 1 rings (SSSR count). The van der Waals surface area contributed by atoms with Crippen molar-refractivity contribution in [1.29, 1.82) is 0 Å². The highest BCUT2D eigenvalue weighted by Gasteiger charge is 2.17. The van der Waals surface area contributed by atoms with E-state index in [1.165, 1.54) is 12.1 Å². The van der Waals surface area contributed by atoms with Crippen LogP contribution >= 0.6 is 27.5 Å². The van der Waals surface area contributed by atoms with Crippen molar-refractivity contribution in [3.8, 4) is 5.75 Å². The van der Waals surface area contributed by atoms with Crippen LogP contribution in [0, 0.1) is 0 Å². The van der Waals surface area contributed by atoms with Gasteiger partial charge in [-0.15, -0.1) is 0 Å². The first-order valence-corrected chi connectivity index (χ1v) is 5.98. The zero-order chi connectivity index (χ0) is 13.0. The van der Waals surface area contributed by atoms with E-state index in [4.69, 9.17) is 16.7 Å². The molecule has 17 heavy (non-hydrogen) atoms. The van der Waals surface area contributed by atoms with Gasteiger partial charge in [-0.25, -0.2) is 0 Å². The highest BCUT2D eigenvalue weighted by atomic mass is 79.9. The number of alkyl halides is 3. The second kappa shape index (κ2) is 6.16. The van der Waals surface area contributed by atoms with E-state index in [1.807, 2.05) is 0 Å². The molecule has 0 heterocycles. The van der Waals surface area contributed by atoms with E-state index in [9.17, 15) is 13.6 Å². The summed E-state index contributed by atoms with van der Waals surface area (Å²) in [6.45, 7) is -3.05. The molecule has 0 aliphatic heterocycles. The minimum absolute atomic E-state index is 0.0292. The molecule has 0 saturated heterocycles. The maximum Gasteiger partial charge on any atom is 0.387 e. The van der Waals surface area contributed by atoms with Gasteiger partial charge >= 0.3 is 12.6 Å². The minimum atomic E-state index is -3.05. The van der Waals surface area contributed by atoms with E-state index in [0.29, 0.717) is 10.9 Å². The molecule has 1 N–H and O–H groups in total. The summed E-state index contributed by atoms with van der Waals surface area (Å²) in [5.74, 6) is -1.43.